The second-order valence-corrected chi connectivity index (χ2v) is 5.33. The number of nitrogens with two attached hydrogens (primary N) is 1. The zero-order valence-electron chi connectivity index (χ0n) is 12.8. The minimum Gasteiger partial charge on any atom is -0.481 e. The van der Waals surface area contributed by atoms with Crippen molar-refractivity contribution >= 4 is 11.5 Å². The zero-order chi connectivity index (χ0) is 15.5. The number of hydrogen-bond acceptors (Lipinski definition) is 6. The maximum atomic E-state index is 5.74. The van der Waals surface area contributed by atoms with E-state index in [0.29, 0.717) is 30.6 Å². The summed E-state index contributed by atoms with van der Waals surface area (Å²) in [6.07, 6.45) is 0. The Kier molecular flexibility index (Phi) is 4.11. The fraction of sp³-hybridized carbons (Fsp3) is 0.375. The van der Waals surface area contributed by atoms with Crippen LogP contribution in [0, 0.1) is 0 Å². The first kappa shape index (κ1) is 14.6. The first-order valence-electron chi connectivity index (χ1n) is 7.31. The van der Waals surface area contributed by atoms with Gasteiger partial charge in [0.25, 0.3) is 0 Å². The Hall–Kier alpha value is -2.34. The molecule has 1 atom stereocenters. The first-order valence-corrected chi connectivity index (χ1v) is 7.31. The second kappa shape index (κ2) is 6.19. The van der Waals surface area contributed by atoms with Crippen molar-refractivity contribution in [1.29, 1.82) is 0 Å². The normalized spacial score (nSPS) is 18.3. The van der Waals surface area contributed by atoms with E-state index in [1.54, 1.807) is 7.11 Å². The smallest absolute Gasteiger partial charge is 0.218 e. The van der Waals surface area contributed by atoms with E-state index in [4.69, 9.17) is 20.2 Å². The molecule has 2 heterocycles. The first-order chi connectivity index (χ1) is 10.7. The molecule has 0 spiro atoms. The van der Waals surface area contributed by atoms with Crippen LogP contribution >= 0.6 is 0 Å². The Morgan fingerprint density at radius 1 is 1.27 bits per heavy atom. The van der Waals surface area contributed by atoms with Gasteiger partial charge in [-0.15, -0.1) is 0 Å². The highest BCUT2D eigenvalue weighted by Gasteiger charge is 2.22. The molecule has 1 saturated heterocycles. The lowest BCUT2D eigenvalue weighted by Crippen LogP contribution is -2.44. The summed E-state index contributed by atoms with van der Waals surface area (Å²) in [5.74, 6) is 2.04. The van der Waals surface area contributed by atoms with Gasteiger partial charge >= 0.3 is 0 Å². The summed E-state index contributed by atoms with van der Waals surface area (Å²) >= 11 is 0. The van der Waals surface area contributed by atoms with Gasteiger partial charge in [-0.3, -0.25) is 0 Å². The van der Waals surface area contributed by atoms with Gasteiger partial charge in [0.15, 0.2) is 5.82 Å². The van der Waals surface area contributed by atoms with Gasteiger partial charge < -0.3 is 20.1 Å². The van der Waals surface area contributed by atoms with Crippen LogP contribution in [-0.2, 0) is 4.74 Å². The van der Waals surface area contributed by atoms with Crippen LogP contribution in [0.4, 0.5) is 11.5 Å². The molecule has 6 nitrogen and oxygen atoms in total. The fourth-order valence-corrected chi connectivity index (χ4v) is 2.49. The number of ether oxygens (including phenoxy) is 2. The van der Waals surface area contributed by atoms with Crippen molar-refractivity contribution in [2.75, 3.05) is 37.5 Å². The van der Waals surface area contributed by atoms with Crippen LogP contribution in [0.25, 0.3) is 11.4 Å². The third-order valence-electron chi connectivity index (χ3n) is 3.73. The summed E-state index contributed by atoms with van der Waals surface area (Å²) < 4.78 is 10.8. The highest BCUT2D eigenvalue weighted by molar-refractivity contribution is 5.61. The standard InChI is InChI=1S/C16H20N4O2/c1-11-10-22-8-7-20(11)14-9-15(21-2)19-16(18-14)12-3-5-13(17)6-4-12/h3-6,9,11H,7-8,10,17H2,1-2H3/t11-/m0/s1. The molecule has 0 radical (unpaired) electrons. The van der Waals surface area contributed by atoms with Crippen LogP contribution in [0.2, 0.25) is 0 Å². The highest BCUT2D eigenvalue weighted by Crippen LogP contribution is 2.26. The van der Waals surface area contributed by atoms with Gasteiger partial charge in [-0.05, 0) is 31.2 Å². The number of anilines is 2. The molecule has 1 aliphatic heterocycles. The number of nitrogens with zero attached hydrogens (tertiary/aromatic N) is 3. The molecule has 0 bridgehead atoms. The Balaban J connectivity index is 2.00. The molecule has 22 heavy (non-hydrogen) atoms. The maximum Gasteiger partial charge on any atom is 0.218 e. The minimum atomic E-state index is 0.271. The summed E-state index contributed by atoms with van der Waals surface area (Å²) in [5.41, 5.74) is 7.37. The second-order valence-electron chi connectivity index (χ2n) is 5.33. The van der Waals surface area contributed by atoms with Crippen LogP contribution in [0.3, 0.4) is 0 Å². The molecule has 6 heteroatoms. The van der Waals surface area contributed by atoms with Crippen molar-refractivity contribution in [1.82, 2.24) is 9.97 Å². The molecule has 0 saturated carbocycles. The molecular weight excluding hydrogens is 280 g/mol. The van der Waals surface area contributed by atoms with Crippen LogP contribution in [0.15, 0.2) is 30.3 Å². The Morgan fingerprint density at radius 3 is 2.73 bits per heavy atom. The molecule has 3 rings (SSSR count). The molecule has 2 aromatic rings. The van der Waals surface area contributed by atoms with Crippen LogP contribution < -0.4 is 15.4 Å². The molecule has 0 unspecified atom stereocenters. The van der Waals surface area contributed by atoms with Crippen molar-refractivity contribution in [2.24, 2.45) is 0 Å². The lowest BCUT2D eigenvalue weighted by molar-refractivity contribution is 0.0985. The molecule has 0 amide bonds. The molecule has 116 valence electrons. The molecule has 0 aliphatic carbocycles. The van der Waals surface area contributed by atoms with Gasteiger partial charge in [0.2, 0.25) is 5.88 Å². The van der Waals surface area contributed by atoms with Gasteiger partial charge in [0, 0.05) is 23.9 Å². The zero-order valence-corrected chi connectivity index (χ0v) is 12.8. The Bertz CT molecular complexity index is 645. The number of aromatic nitrogens is 2. The van der Waals surface area contributed by atoms with E-state index in [9.17, 15) is 0 Å². The summed E-state index contributed by atoms with van der Waals surface area (Å²) in [6, 6.07) is 9.65. The molecule has 1 fully saturated rings. The quantitative estimate of drug-likeness (QED) is 0.874. The third-order valence-corrected chi connectivity index (χ3v) is 3.73. The van der Waals surface area contributed by atoms with E-state index < -0.39 is 0 Å². The van der Waals surface area contributed by atoms with E-state index in [1.165, 1.54) is 0 Å². The van der Waals surface area contributed by atoms with Gasteiger partial charge in [-0.2, -0.15) is 4.98 Å². The molecular formula is C16H20N4O2. The van der Waals surface area contributed by atoms with Crippen molar-refractivity contribution < 1.29 is 9.47 Å². The topological polar surface area (TPSA) is 73.5 Å². The monoisotopic (exact) mass is 300 g/mol. The van der Waals surface area contributed by atoms with E-state index in [-0.39, 0.29) is 6.04 Å². The average molecular weight is 300 g/mol. The number of nitrogen functional groups attached to an aromatic ring is 1. The van der Waals surface area contributed by atoms with E-state index in [0.717, 1.165) is 17.9 Å². The molecule has 1 aromatic heterocycles. The van der Waals surface area contributed by atoms with Gasteiger partial charge in [0.1, 0.15) is 5.82 Å². The van der Waals surface area contributed by atoms with Crippen LogP contribution in [0.1, 0.15) is 6.92 Å². The van der Waals surface area contributed by atoms with Gasteiger partial charge in [-0.1, -0.05) is 0 Å². The average Bonchev–Trinajstić information content (AvgIpc) is 2.55. The van der Waals surface area contributed by atoms with Crippen molar-refractivity contribution in [3.8, 4) is 17.3 Å². The molecule has 1 aliphatic rings. The lowest BCUT2D eigenvalue weighted by Gasteiger charge is -2.34. The number of hydrogen-bond donors (Lipinski definition) is 1. The Labute approximate surface area is 129 Å². The maximum absolute atomic E-state index is 5.74. The van der Waals surface area contributed by atoms with E-state index >= 15 is 0 Å². The van der Waals surface area contributed by atoms with Crippen LogP contribution in [0.5, 0.6) is 5.88 Å². The van der Waals surface area contributed by atoms with E-state index in [1.807, 2.05) is 30.3 Å². The highest BCUT2D eigenvalue weighted by atomic mass is 16.5. The molecule has 2 N–H and O–H groups in total. The largest absolute Gasteiger partial charge is 0.481 e. The number of morpholine rings is 1. The van der Waals surface area contributed by atoms with Crippen molar-refractivity contribution in [3.63, 3.8) is 0 Å². The van der Waals surface area contributed by atoms with Gasteiger partial charge in [0.05, 0.1) is 26.4 Å². The predicted molar refractivity (Wildman–Crippen MR) is 86.1 cm³/mol. The van der Waals surface area contributed by atoms with E-state index in [2.05, 4.69) is 16.8 Å². The third kappa shape index (κ3) is 2.96. The minimum absolute atomic E-state index is 0.271. The Morgan fingerprint density at radius 2 is 2.05 bits per heavy atom. The fourth-order valence-electron chi connectivity index (χ4n) is 2.49. The SMILES string of the molecule is COc1cc(N2CCOC[C@@H]2C)nc(-c2ccc(N)cc2)n1. The molecule has 1 aromatic carbocycles. The predicted octanol–water partition coefficient (Wildman–Crippen LogP) is 1.96. The number of methoxy groups -OCH3 is 1. The summed E-state index contributed by atoms with van der Waals surface area (Å²) in [6.45, 7) is 4.33. The number of rotatable bonds is 3. The summed E-state index contributed by atoms with van der Waals surface area (Å²) in [7, 11) is 1.61. The van der Waals surface area contributed by atoms with Crippen molar-refractivity contribution in [3.05, 3.63) is 30.3 Å². The van der Waals surface area contributed by atoms with Crippen molar-refractivity contribution in [2.45, 2.75) is 13.0 Å². The van der Waals surface area contributed by atoms with Crippen LogP contribution in [-0.4, -0.2) is 42.9 Å². The van der Waals surface area contributed by atoms with Gasteiger partial charge in [-0.25, -0.2) is 4.98 Å². The summed E-state index contributed by atoms with van der Waals surface area (Å²) in [4.78, 5) is 11.4. The number of benzene rings is 1. The lowest BCUT2D eigenvalue weighted by atomic mass is 10.2. The summed E-state index contributed by atoms with van der Waals surface area (Å²) in [5, 5.41) is 0.